The fourth-order valence-electron chi connectivity index (χ4n) is 2.34. The Labute approximate surface area is 155 Å². The van der Waals surface area contributed by atoms with Crippen LogP contribution in [0.5, 0.6) is 0 Å². The number of carbonyl (C=O) groups is 1. The predicted octanol–water partition coefficient (Wildman–Crippen LogP) is 2.80. The summed E-state index contributed by atoms with van der Waals surface area (Å²) in [5.41, 5.74) is 2.85. The third-order valence-corrected chi connectivity index (χ3v) is 4.68. The van der Waals surface area contributed by atoms with Crippen LogP contribution in [0.15, 0.2) is 60.8 Å². The Bertz CT molecular complexity index is 917. The highest BCUT2D eigenvalue weighted by Crippen LogP contribution is 2.15. The average Bonchev–Trinajstić information content (AvgIpc) is 3.19. The van der Waals surface area contributed by atoms with Gasteiger partial charge in [0.05, 0.1) is 23.5 Å². The van der Waals surface area contributed by atoms with E-state index in [2.05, 4.69) is 21.7 Å². The molecule has 1 heterocycles. The molecule has 0 bridgehead atoms. The van der Waals surface area contributed by atoms with Gasteiger partial charge in [-0.2, -0.15) is 17.0 Å². The van der Waals surface area contributed by atoms with Gasteiger partial charge in [0.25, 0.3) is 5.91 Å². The van der Waals surface area contributed by atoms with Gasteiger partial charge in [-0.15, -0.1) is 5.10 Å². The summed E-state index contributed by atoms with van der Waals surface area (Å²) in [6.07, 6.45) is 1.61. The zero-order chi connectivity index (χ0) is 18.2. The second-order valence-electron chi connectivity index (χ2n) is 5.46. The molecule has 0 aliphatic rings. The van der Waals surface area contributed by atoms with Crippen LogP contribution in [0.2, 0.25) is 0 Å². The number of amides is 1. The molecular weight excluding hydrogens is 346 g/mol. The van der Waals surface area contributed by atoms with Crippen LogP contribution in [0.1, 0.15) is 21.6 Å². The van der Waals surface area contributed by atoms with Crippen LogP contribution in [0.3, 0.4) is 0 Å². The van der Waals surface area contributed by atoms with Crippen molar-refractivity contribution < 1.29 is 4.79 Å². The van der Waals surface area contributed by atoms with Gasteiger partial charge in [-0.1, -0.05) is 41.6 Å². The van der Waals surface area contributed by atoms with Crippen LogP contribution in [0, 0.1) is 11.3 Å². The Morgan fingerprint density at radius 2 is 1.92 bits per heavy atom. The quantitative estimate of drug-likeness (QED) is 0.653. The first kappa shape index (κ1) is 17.7. The second-order valence-corrected chi connectivity index (χ2v) is 6.57. The maximum Gasteiger partial charge on any atom is 0.273 e. The summed E-state index contributed by atoms with van der Waals surface area (Å²) < 4.78 is 1.57. The van der Waals surface area contributed by atoms with Crippen molar-refractivity contribution in [1.29, 1.82) is 5.26 Å². The maximum absolute atomic E-state index is 12.1. The molecule has 7 heteroatoms. The van der Waals surface area contributed by atoms with Crippen LogP contribution in [0.25, 0.3) is 5.69 Å². The van der Waals surface area contributed by atoms with E-state index >= 15 is 0 Å². The summed E-state index contributed by atoms with van der Waals surface area (Å²) in [5, 5.41) is 19.8. The number of hydrogen-bond acceptors (Lipinski definition) is 5. The molecule has 0 saturated heterocycles. The van der Waals surface area contributed by atoms with Crippen LogP contribution in [-0.2, 0) is 5.75 Å². The summed E-state index contributed by atoms with van der Waals surface area (Å²) in [4.78, 5) is 12.1. The fraction of sp³-hybridized carbons (Fsp3) is 0.158. The molecule has 1 amide bonds. The van der Waals surface area contributed by atoms with Crippen molar-refractivity contribution in [1.82, 2.24) is 20.3 Å². The van der Waals surface area contributed by atoms with Gasteiger partial charge in [0.1, 0.15) is 0 Å². The smallest absolute Gasteiger partial charge is 0.273 e. The van der Waals surface area contributed by atoms with E-state index in [0.717, 1.165) is 22.8 Å². The van der Waals surface area contributed by atoms with Crippen molar-refractivity contribution in [3.8, 4) is 11.8 Å². The van der Waals surface area contributed by atoms with Crippen LogP contribution < -0.4 is 5.32 Å². The van der Waals surface area contributed by atoms with Crippen molar-refractivity contribution in [2.75, 3.05) is 12.3 Å². The first-order chi connectivity index (χ1) is 12.8. The number of para-hydroxylation sites is 1. The molecule has 130 valence electrons. The van der Waals surface area contributed by atoms with E-state index in [1.165, 1.54) is 0 Å². The lowest BCUT2D eigenvalue weighted by Crippen LogP contribution is -2.26. The van der Waals surface area contributed by atoms with E-state index < -0.39 is 0 Å². The summed E-state index contributed by atoms with van der Waals surface area (Å²) >= 11 is 1.67. The standard InChI is InChI=1S/C19H17N5OS/c20-12-15-6-4-5-7-16(15)14-26-11-10-21-19(25)18-13-24(23-22-18)17-8-2-1-3-9-17/h1-9,13H,10-11,14H2,(H,21,25). The van der Waals surface area contributed by atoms with Crippen molar-refractivity contribution in [2.24, 2.45) is 0 Å². The van der Waals surface area contributed by atoms with Gasteiger partial charge in [0, 0.05) is 18.1 Å². The molecule has 0 atom stereocenters. The minimum Gasteiger partial charge on any atom is -0.350 e. The van der Waals surface area contributed by atoms with Crippen molar-refractivity contribution in [2.45, 2.75) is 5.75 Å². The molecule has 2 aromatic carbocycles. The van der Waals surface area contributed by atoms with Crippen molar-refractivity contribution in [3.63, 3.8) is 0 Å². The SMILES string of the molecule is N#Cc1ccccc1CSCCNC(=O)c1cn(-c2ccccc2)nn1. The zero-order valence-electron chi connectivity index (χ0n) is 14.0. The lowest BCUT2D eigenvalue weighted by molar-refractivity contribution is 0.0951. The van der Waals surface area contributed by atoms with Gasteiger partial charge in [-0.3, -0.25) is 4.79 Å². The fourth-order valence-corrected chi connectivity index (χ4v) is 3.20. The van der Waals surface area contributed by atoms with E-state index in [1.54, 1.807) is 22.6 Å². The molecule has 0 aliphatic heterocycles. The summed E-state index contributed by atoms with van der Waals surface area (Å²) in [6, 6.07) is 19.2. The van der Waals surface area contributed by atoms with E-state index in [-0.39, 0.29) is 11.6 Å². The Balaban J connectivity index is 1.45. The maximum atomic E-state index is 12.1. The Morgan fingerprint density at radius 3 is 2.73 bits per heavy atom. The van der Waals surface area contributed by atoms with E-state index in [1.807, 2.05) is 54.6 Å². The number of nitrogens with one attached hydrogen (secondary N) is 1. The Morgan fingerprint density at radius 1 is 1.15 bits per heavy atom. The number of nitriles is 1. The van der Waals surface area contributed by atoms with E-state index in [0.29, 0.717) is 12.1 Å². The van der Waals surface area contributed by atoms with Gasteiger partial charge in [-0.05, 0) is 23.8 Å². The lowest BCUT2D eigenvalue weighted by Gasteiger charge is -2.05. The minimum absolute atomic E-state index is 0.245. The van der Waals surface area contributed by atoms with Gasteiger partial charge >= 0.3 is 0 Å². The molecule has 1 aromatic heterocycles. The number of aromatic nitrogens is 3. The Kier molecular flexibility index (Phi) is 6.01. The highest BCUT2D eigenvalue weighted by Gasteiger charge is 2.10. The molecule has 0 fully saturated rings. The second kappa shape index (κ2) is 8.83. The predicted molar refractivity (Wildman–Crippen MR) is 101 cm³/mol. The topological polar surface area (TPSA) is 83.6 Å². The summed E-state index contributed by atoms with van der Waals surface area (Å²) in [7, 11) is 0. The molecule has 3 aromatic rings. The highest BCUT2D eigenvalue weighted by atomic mass is 32.2. The van der Waals surface area contributed by atoms with Crippen LogP contribution in [-0.4, -0.2) is 33.2 Å². The number of benzene rings is 2. The third-order valence-electron chi connectivity index (χ3n) is 3.67. The Hall–Kier alpha value is -3.11. The number of hydrogen-bond donors (Lipinski definition) is 1. The van der Waals surface area contributed by atoms with Crippen molar-refractivity contribution >= 4 is 17.7 Å². The molecule has 0 spiro atoms. The van der Waals surface area contributed by atoms with Gasteiger partial charge < -0.3 is 5.32 Å². The molecule has 0 aliphatic carbocycles. The van der Waals surface area contributed by atoms with Gasteiger partial charge in [0.15, 0.2) is 5.69 Å². The third kappa shape index (κ3) is 4.49. The van der Waals surface area contributed by atoms with Crippen LogP contribution in [0.4, 0.5) is 0 Å². The number of thioether (sulfide) groups is 1. The first-order valence-electron chi connectivity index (χ1n) is 8.09. The lowest BCUT2D eigenvalue weighted by atomic mass is 10.1. The largest absolute Gasteiger partial charge is 0.350 e. The van der Waals surface area contributed by atoms with E-state index in [9.17, 15) is 4.79 Å². The number of rotatable bonds is 7. The molecule has 0 radical (unpaired) electrons. The normalized spacial score (nSPS) is 10.3. The van der Waals surface area contributed by atoms with Crippen LogP contribution >= 0.6 is 11.8 Å². The molecule has 3 rings (SSSR count). The molecule has 0 unspecified atom stereocenters. The molecule has 0 saturated carbocycles. The monoisotopic (exact) mass is 363 g/mol. The highest BCUT2D eigenvalue weighted by molar-refractivity contribution is 7.98. The number of nitrogens with zero attached hydrogens (tertiary/aromatic N) is 4. The first-order valence-corrected chi connectivity index (χ1v) is 9.25. The summed E-state index contributed by atoms with van der Waals surface area (Å²) in [5.74, 6) is 1.24. The number of carbonyl (C=O) groups excluding carboxylic acids is 1. The zero-order valence-corrected chi connectivity index (χ0v) is 14.8. The van der Waals surface area contributed by atoms with Gasteiger partial charge in [-0.25, -0.2) is 4.68 Å². The molecule has 26 heavy (non-hydrogen) atoms. The average molecular weight is 363 g/mol. The molecule has 1 N–H and O–H groups in total. The minimum atomic E-state index is -0.245. The van der Waals surface area contributed by atoms with E-state index in [4.69, 9.17) is 5.26 Å². The molecule has 6 nitrogen and oxygen atoms in total. The molecular formula is C19H17N5OS. The summed E-state index contributed by atoms with van der Waals surface area (Å²) in [6.45, 7) is 0.524. The van der Waals surface area contributed by atoms with Gasteiger partial charge in [0.2, 0.25) is 0 Å². The van der Waals surface area contributed by atoms with Crippen molar-refractivity contribution in [3.05, 3.63) is 77.6 Å².